The molecule has 20 nitrogen and oxygen atoms in total. The second-order valence-electron chi connectivity index (χ2n) is 11.3. The van der Waals surface area contributed by atoms with E-state index >= 15 is 8.78 Å². The van der Waals surface area contributed by atoms with Crippen LogP contribution in [0, 0.1) is 0 Å². The molecule has 280 valence electrons. The quantitative estimate of drug-likeness (QED) is 0.118. The van der Waals surface area contributed by atoms with Crippen molar-refractivity contribution in [2.45, 2.75) is 49.2 Å². The third-order valence-electron chi connectivity index (χ3n) is 8.15. The molecule has 52 heavy (non-hydrogen) atoms. The lowest BCUT2D eigenvalue weighted by molar-refractivity contribution is -0.208. The van der Waals surface area contributed by atoms with Crippen molar-refractivity contribution < 1.29 is 59.2 Å². The van der Waals surface area contributed by atoms with Gasteiger partial charge in [0.05, 0.1) is 39.3 Å². The normalized spacial score (nSPS) is 34.0. The predicted molar refractivity (Wildman–Crippen MR) is 174 cm³/mol. The Morgan fingerprint density at radius 3 is 2.31 bits per heavy atom. The Morgan fingerprint density at radius 1 is 0.942 bits per heavy atom. The van der Waals surface area contributed by atoms with Gasteiger partial charge in [0, 0.05) is 6.20 Å². The number of benzene rings is 1. The van der Waals surface area contributed by atoms with E-state index in [2.05, 4.69) is 24.8 Å². The number of phosphoric ester groups is 1. The van der Waals surface area contributed by atoms with Gasteiger partial charge in [0.25, 0.3) is 5.56 Å². The number of imidazole rings is 1. The van der Waals surface area contributed by atoms with Crippen LogP contribution < -0.4 is 17.0 Å². The van der Waals surface area contributed by atoms with Gasteiger partial charge in [0.1, 0.15) is 47.9 Å². The van der Waals surface area contributed by atoms with Crippen molar-refractivity contribution in [3.8, 4) is 11.1 Å². The van der Waals surface area contributed by atoms with Gasteiger partial charge < -0.3 is 19.4 Å². The smallest absolute Gasteiger partial charge is 0.382 e. The standard InChI is InChI=1S/C27H29F2N7O13P2S/c1-41-49-50(39)43-9-15-21(18(29)25(45-15)35-8-14(24(37)34-27(35)38)13-6-4-3-5-7-13)48-51(40,52-42-2)44-10-16-20(47-50)17(28)26(46-16)36-12-33-19-22(30)31-11-32-23(19)36/h3-8,11-12,15-18,20-21,25-26H,9-10H2,1-2H3,(H2,30,31,32)(H,34,37,38)/t15-,16-,17?,18?,20-,21-,25-,26-,50?,51?/m1/s1. The van der Waals surface area contributed by atoms with E-state index < -0.39 is 88.3 Å². The number of nitrogens with two attached hydrogens (primary N) is 1. The maximum atomic E-state index is 16.5. The summed E-state index contributed by atoms with van der Waals surface area (Å²) in [6.07, 6.45) is -11.2. The van der Waals surface area contributed by atoms with Crippen molar-refractivity contribution in [1.82, 2.24) is 29.1 Å². The molecule has 3 aliphatic heterocycles. The van der Waals surface area contributed by atoms with Crippen LogP contribution in [0.3, 0.4) is 0 Å². The number of fused-ring (bicyclic) bond motifs is 3. The lowest BCUT2D eigenvalue weighted by Crippen LogP contribution is -2.38. The molecule has 0 bridgehead atoms. The van der Waals surface area contributed by atoms with Crippen molar-refractivity contribution in [2.24, 2.45) is 0 Å². The van der Waals surface area contributed by atoms with Crippen molar-refractivity contribution in [2.75, 3.05) is 33.2 Å². The van der Waals surface area contributed by atoms with Crippen molar-refractivity contribution in [3.05, 3.63) is 70.0 Å². The van der Waals surface area contributed by atoms with Crippen LogP contribution >= 0.6 is 26.3 Å². The molecule has 4 unspecified atom stereocenters. The highest BCUT2D eigenvalue weighted by Crippen LogP contribution is 2.64. The summed E-state index contributed by atoms with van der Waals surface area (Å²) in [5.41, 5.74) is 4.69. The summed E-state index contributed by atoms with van der Waals surface area (Å²) < 4.78 is 107. The Labute approximate surface area is 294 Å². The van der Waals surface area contributed by atoms with Gasteiger partial charge >= 0.3 is 20.3 Å². The van der Waals surface area contributed by atoms with E-state index in [1.807, 2.05) is 0 Å². The minimum absolute atomic E-state index is 0.000346. The molecule has 0 amide bonds. The van der Waals surface area contributed by atoms with Gasteiger partial charge in [-0.1, -0.05) is 30.3 Å². The number of alkyl halides is 2. The molecule has 0 spiro atoms. The van der Waals surface area contributed by atoms with E-state index in [-0.39, 0.29) is 34.2 Å². The van der Waals surface area contributed by atoms with Crippen LogP contribution in [-0.2, 0) is 50.4 Å². The van der Waals surface area contributed by atoms with Gasteiger partial charge in [-0.3, -0.25) is 37.0 Å². The van der Waals surface area contributed by atoms with Crippen LogP contribution in [0.5, 0.6) is 0 Å². The molecular weight excluding hydrogens is 762 g/mol. The number of aromatic nitrogens is 6. The van der Waals surface area contributed by atoms with E-state index in [1.165, 1.54) is 10.9 Å². The number of aromatic amines is 1. The summed E-state index contributed by atoms with van der Waals surface area (Å²) in [6, 6.07) is 8.21. The Bertz CT molecular complexity index is 2150. The number of H-pyrrole nitrogens is 1. The van der Waals surface area contributed by atoms with Gasteiger partial charge in [0.15, 0.2) is 36.3 Å². The Kier molecular flexibility index (Phi) is 10.5. The number of nitrogens with zero attached hydrogens (tertiary/aromatic N) is 5. The summed E-state index contributed by atoms with van der Waals surface area (Å²) in [7, 11) is -2.83. The lowest BCUT2D eigenvalue weighted by Gasteiger charge is -2.29. The number of hydrogen-bond donors (Lipinski definition) is 2. The zero-order valence-electron chi connectivity index (χ0n) is 26.8. The number of rotatable bonds is 7. The SMILES string of the molecule is COOP1(=O)OC[C@H]2O[C@@H](n3cc(-c4ccccc4)c(=O)[nH]c3=O)C(F)[C@@H]2OP(=O)(SOC)OC[C@H]2O[C@@H](n3cnc4c(N)ncnc43)C(F)[C@@H]2O1. The Balaban J connectivity index is 1.22. The summed E-state index contributed by atoms with van der Waals surface area (Å²) in [6.45, 7) is -6.23. The molecular formula is C27H29F2N7O13P2S. The number of phosphoric acid groups is 1. The molecule has 25 heteroatoms. The number of nitrogens with one attached hydrogen (secondary N) is 1. The largest absolute Gasteiger partial charge is 0.502 e. The number of anilines is 1. The van der Waals surface area contributed by atoms with Gasteiger partial charge in [0.2, 0.25) is 0 Å². The van der Waals surface area contributed by atoms with E-state index in [1.54, 1.807) is 30.3 Å². The van der Waals surface area contributed by atoms with Crippen LogP contribution in [-0.4, -0.2) is 93.3 Å². The summed E-state index contributed by atoms with van der Waals surface area (Å²) >= 11 is 0.199. The van der Waals surface area contributed by atoms with E-state index in [0.717, 1.165) is 31.3 Å². The molecule has 4 aromatic rings. The topological polar surface area (TPSA) is 242 Å². The fraction of sp³-hybridized carbons (Fsp3) is 0.444. The van der Waals surface area contributed by atoms with Crippen LogP contribution in [0.4, 0.5) is 14.6 Å². The average molecular weight is 792 g/mol. The zero-order chi connectivity index (χ0) is 36.8. The van der Waals surface area contributed by atoms with E-state index in [4.69, 9.17) is 42.2 Å². The second kappa shape index (κ2) is 14.8. The lowest BCUT2D eigenvalue weighted by atomic mass is 10.1. The second-order valence-corrected chi connectivity index (χ2v) is 16.4. The Morgan fingerprint density at radius 2 is 1.62 bits per heavy atom. The van der Waals surface area contributed by atoms with Crippen LogP contribution in [0.1, 0.15) is 12.5 Å². The minimum atomic E-state index is -4.94. The number of nitrogen functional groups attached to an aromatic ring is 1. The highest BCUT2D eigenvalue weighted by atomic mass is 32.7. The van der Waals surface area contributed by atoms with Gasteiger partial charge in [-0.15, -0.1) is 4.67 Å². The number of ether oxygens (including phenoxy) is 2. The molecule has 1 aromatic carbocycles. The molecule has 6 heterocycles. The van der Waals surface area contributed by atoms with Gasteiger partial charge in [-0.05, 0) is 5.56 Å². The minimum Gasteiger partial charge on any atom is -0.382 e. The monoisotopic (exact) mass is 791 g/mol. The molecule has 7 rings (SSSR count). The third-order valence-corrected chi connectivity index (χ3v) is 12.3. The first-order valence-electron chi connectivity index (χ1n) is 15.2. The fourth-order valence-electron chi connectivity index (χ4n) is 5.86. The molecule has 0 aliphatic carbocycles. The van der Waals surface area contributed by atoms with Crippen LogP contribution in [0.25, 0.3) is 22.3 Å². The fourth-order valence-corrected chi connectivity index (χ4v) is 9.52. The Hall–Kier alpha value is -3.44. The molecule has 3 fully saturated rings. The molecule has 10 atom stereocenters. The van der Waals surface area contributed by atoms with Gasteiger partial charge in [-0.25, -0.2) is 42.5 Å². The molecule has 3 N–H and O–H groups in total. The highest BCUT2D eigenvalue weighted by molar-refractivity contribution is 8.52. The van der Waals surface area contributed by atoms with Gasteiger partial charge in [-0.2, -0.15) is 0 Å². The predicted octanol–water partition coefficient (Wildman–Crippen LogP) is 3.00. The maximum absolute atomic E-state index is 16.5. The van der Waals surface area contributed by atoms with Crippen molar-refractivity contribution >= 4 is 43.3 Å². The number of hydrogen-bond acceptors (Lipinski definition) is 18. The van der Waals surface area contributed by atoms with Crippen LogP contribution in [0.15, 0.2) is 58.8 Å². The molecule has 3 aromatic heterocycles. The zero-order valence-corrected chi connectivity index (χ0v) is 29.4. The maximum Gasteiger partial charge on any atom is 0.502 e. The first kappa shape index (κ1) is 36.9. The molecule has 3 saturated heterocycles. The van der Waals surface area contributed by atoms with E-state index in [9.17, 15) is 18.7 Å². The summed E-state index contributed by atoms with van der Waals surface area (Å²) in [5.74, 6) is 0.00698. The van der Waals surface area contributed by atoms with Crippen molar-refractivity contribution in [3.63, 3.8) is 0 Å². The molecule has 0 saturated carbocycles. The third kappa shape index (κ3) is 6.99. The van der Waals surface area contributed by atoms with Crippen molar-refractivity contribution in [1.29, 1.82) is 0 Å². The highest BCUT2D eigenvalue weighted by Gasteiger charge is 2.56. The van der Waals surface area contributed by atoms with E-state index in [0.29, 0.717) is 5.56 Å². The first-order chi connectivity index (χ1) is 24.9. The molecule has 0 radical (unpaired) electrons. The summed E-state index contributed by atoms with van der Waals surface area (Å²) in [4.78, 5) is 44.4. The van der Waals surface area contributed by atoms with Crippen LogP contribution in [0.2, 0.25) is 0 Å². The first-order valence-corrected chi connectivity index (χ1v) is 19.5. The molecule has 3 aliphatic rings. The average Bonchev–Trinajstić information content (AvgIpc) is 3.77. The number of halogens is 2. The summed E-state index contributed by atoms with van der Waals surface area (Å²) in [5, 5.41) is 0.